The van der Waals surface area contributed by atoms with E-state index in [2.05, 4.69) is 11.8 Å². The number of hydrogen-bond donors (Lipinski definition) is 1. The second-order valence-electron chi connectivity index (χ2n) is 7.31. The van der Waals surface area contributed by atoms with Gasteiger partial charge in [0.1, 0.15) is 0 Å². The largest absolute Gasteiger partial charge is 0.342 e. The molecule has 0 bridgehead atoms. The number of rotatable bonds is 3. The van der Waals surface area contributed by atoms with Gasteiger partial charge in [0, 0.05) is 24.2 Å². The van der Waals surface area contributed by atoms with Crippen LogP contribution in [0.4, 0.5) is 0 Å². The average molecular weight is 335 g/mol. The third kappa shape index (κ3) is 3.27. The summed E-state index contributed by atoms with van der Waals surface area (Å²) in [5.41, 5.74) is 6.88. The van der Waals surface area contributed by atoms with Gasteiger partial charge in [0.2, 0.25) is 5.91 Å². The molecule has 1 aliphatic heterocycles. The second kappa shape index (κ2) is 6.82. The van der Waals surface area contributed by atoms with Crippen molar-refractivity contribution in [3.8, 4) is 0 Å². The van der Waals surface area contributed by atoms with Crippen molar-refractivity contribution < 1.29 is 4.79 Å². The highest BCUT2D eigenvalue weighted by Gasteiger charge is 2.45. The van der Waals surface area contributed by atoms with E-state index in [1.54, 1.807) is 0 Å². The molecule has 2 N–H and O–H groups in total. The van der Waals surface area contributed by atoms with Crippen LogP contribution in [0.5, 0.6) is 0 Å². The Morgan fingerprint density at radius 2 is 1.91 bits per heavy atom. The molecule has 2 aliphatic rings. The number of hydrogen-bond acceptors (Lipinski definition) is 2. The van der Waals surface area contributed by atoms with Gasteiger partial charge in [-0.2, -0.15) is 0 Å². The van der Waals surface area contributed by atoms with Gasteiger partial charge in [0.05, 0.1) is 5.41 Å². The van der Waals surface area contributed by atoms with E-state index >= 15 is 0 Å². The van der Waals surface area contributed by atoms with Crippen molar-refractivity contribution in [2.24, 2.45) is 11.7 Å². The highest BCUT2D eigenvalue weighted by Crippen LogP contribution is 2.43. The third-order valence-electron chi connectivity index (χ3n) is 5.75. The quantitative estimate of drug-likeness (QED) is 0.915. The monoisotopic (exact) mass is 334 g/mol. The van der Waals surface area contributed by atoms with Crippen LogP contribution in [0, 0.1) is 5.92 Å². The Morgan fingerprint density at radius 1 is 1.26 bits per heavy atom. The number of nitrogens with two attached hydrogens (primary N) is 1. The number of amides is 1. The molecule has 0 aromatic heterocycles. The van der Waals surface area contributed by atoms with E-state index in [1.165, 1.54) is 0 Å². The zero-order valence-electron chi connectivity index (χ0n) is 13.9. The minimum absolute atomic E-state index is 0.153. The molecule has 1 aromatic carbocycles. The topological polar surface area (TPSA) is 46.3 Å². The lowest BCUT2D eigenvalue weighted by Gasteiger charge is -2.40. The summed E-state index contributed by atoms with van der Waals surface area (Å²) in [4.78, 5) is 15.5. The molecule has 1 aliphatic carbocycles. The Balaban J connectivity index is 1.86. The number of nitrogens with zero attached hydrogens (tertiary/aromatic N) is 1. The van der Waals surface area contributed by atoms with Gasteiger partial charge in [0.15, 0.2) is 0 Å². The lowest BCUT2D eigenvalue weighted by Crippen LogP contribution is -2.51. The van der Waals surface area contributed by atoms with Gasteiger partial charge in [-0.1, -0.05) is 36.6 Å². The number of carbonyl (C=O) groups is 1. The fraction of sp³-hybridized carbons (Fsp3) is 0.632. The molecule has 23 heavy (non-hydrogen) atoms. The normalized spacial score (nSPS) is 25.3. The molecule has 126 valence electrons. The van der Waals surface area contributed by atoms with Crippen molar-refractivity contribution in [2.45, 2.75) is 56.9 Å². The molecule has 3 rings (SSSR count). The molecule has 1 saturated heterocycles. The first-order valence-corrected chi connectivity index (χ1v) is 9.22. The molecule has 4 heteroatoms. The predicted octanol–water partition coefficient (Wildman–Crippen LogP) is 3.74. The highest BCUT2D eigenvalue weighted by molar-refractivity contribution is 6.30. The second-order valence-corrected chi connectivity index (χ2v) is 7.75. The maximum absolute atomic E-state index is 13.4. The number of halogens is 1. The molecular weight excluding hydrogens is 308 g/mol. The van der Waals surface area contributed by atoms with Crippen LogP contribution in [0.2, 0.25) is 5.02 Å². The lowest BCUT2D eigenvalue weighted by molar-refractivity contribution is -0.139. The maximum Gasteiger partial charge on any atom is 0.233 e. The minimum Gasteiger partial charge on any atom is -0.342 e. The smallest absolute Gasteiger partial charge is 0.233 e. The van der Waals surface area contributed by atoms with Crippen LogP contribution in [-0.2, 0) is 10.2 Å². The SMILES string of the molecule is CC(N)C1CCCN(C(=O)C2(c3ccc(Cl)cc3)CCCC2)C1. The van der Waals surface area contributed by atoms with Crippen molar-refractivity contribution in [1.29, 1.82) is 0 Å². The molecule has 3 nitrogen and oxygen atoms in total. The van der Waals surface area contributed by atoms with Crippen molar-refractivity contribution in [1.82, 2.24) is 4.90 Å². The summed E-state index contributed by atoms with van der Waals surface area (Å²) in [6.45, 7) is 3.74. The predicted molar refractivity (Wildman–Crippen MR) is 94.6 cm³/mol. The summed E-state index contributed by atoms with van der Waals surface area (Å²) in [6, 6.07) is 8.05. The molecule has 0 radical (unpaired) electrons. The van der Waals surface area contributed by atoms with Crippen LogP contribution in [0.25, 0.3) is 0 Å². The first-order chi connectivity index (χ1) is 11.0. The van der Waals surface area contributed by atoms with Crippen LogP contribution in [0.1, 0.15) is 51.0 Å². The molecular formula is C19H27ClN2O. The number of carbonyl (C=O) groups excluding carboxylic acids is 1. The lowest BCUT2D eigenvalue weighted by atomic mass is 9.76. The first-order valence-electron chi connectivity index (χ1n) is 8.84. The maximum atomic E-state index is 13.4. The number of piperidine rings is 1. The summed E-state index contributed by atoms with van der Waals surface area (Å²) in [5.74, 6) is 0.735. The summed E-state index contributed by atoms with van der Waals surface area (Å²) >= 11 is 6.04. The zero-order valence-corrected chi connectivity index (χ0v) is 14.7. The summed E-state index contributed by atoms with van der Waals surface area (Å²) < 4.78 is 0. The van der Waals surface area contributed by atoms with Gasteiger partial charge in [0.25, 0.3) is 0 Å². The summed E-state index contributed by atoms with van der Waals surface area (Å²) in [7, 11) is 0. The van der Waals surface area contributed by atoms with Gasteiger partial charge in [-0.25, -0.2) is 0 Å². The molecule has 1 aromatic rings. The van der Waals surface area contributed by atoms with Crippen LogP contribution in [0.15, 0.2) is 24.3 Å². The van der Waals surface area contributed by atoms with Crippen LogP contribution < -0.4 is 5.73 Å². The molecule has 2 unspecified atom stereocenters. The van der Waals surface area contributed by atoms with E-state index in [0.29, 0.717) is 11.8 Å². The van der Waals surface area contributed by atoms with Crippen molar-refractivity contribution in [3.63, 3.8) is 0 Å². The average Bonchev–Trinajstić information content (AvgIpc) is 3.06. The molecule has 1 heterocycles. The fourth-order valence-corrected chi connectivity index (χ4v) is 4.43. The van der Waals surface area contributed by atoms with Gasteiger partial charge in [-0.05, 0) is 56.2 Å². The first kappa shape index (κ1) is 16.8. The number of benzene rings is 1. The highest BCUT2D eigenvalue weighted by atomic mass is 35.5. The number of likely N-dealkylation sites (tertiary alicyclic amines) is 1. The van der Waals surface area contributed by atoms with Gasteiger partial charge >= 0.3 is 0 Å². The Kier molecular flexibility index (Phi) is 4.98. The molecule has 1 amide bonds. The standard InChI is InChI=1S/C19H27ClN2O/c1-14(21)15-5-4-12-22(13-15)18(23)19(10-2-3-11-19)16-6-8-17(20)9-7-16/h6-9,14-15H,2-5,10-13,21H2,1H3. The van der Waals surface area contributed by atoms with Gasteiger partial charge in [-0.3, -0.25) is 4.79 Å². The van der Waals surface area contributed by atoms with Crippen LogP contribution in [-0.4, -0.2) is 29.9 Å². The van der Waals surface area contributed by atoms with Crippen molar-refractivity contribution in [3.05, 3.63) is 34.9 Å². The van der Waals surface area contributed by atoms with E-state index in [9.17, 15) is 4.79 Å². The summed E-state index contributed by atoms with van der Waals surface area (Å²) in [6.07, 6.45) is 6.35. The van der Waals surface area contributed by atoms with Crippen molar-refractivity contribution in [2.75, 3.05) is 13.1 Å². The van der Waals surface area contributed by atoms with Gasteiger partial charge in [-0.15, -0.1) is 0 Å². The fourth-order valence-electron chi connectivity index (χ4n) is 4.30. The molecule has 0 spiro atoms. The Labute approximate surface area is 144 Å². The van der Waals surface area contributed by atoms with E-state index in [-0.39, 0.29) is 11.5 Å². The van der Waals surface area contributed by atoms with E-state index in [4.69, 9.17) is 17.3 Å². The summed E-state index contributed by atoms with van der Waals surface area (Å²) in [5, 5.41) is 0.726. The van der Waals surface area contributed by atoms with E-state index in [1.807, 2.05) is 24.3 Å². The molecule has 2 fully saturated rings. The van der Waals surface area contributed by atoms with Crippen LogP contribution in [0.3, 0.4) is 0 Å². The Morgan fingerprint density at radius 3 is 2.52 bits per heavy atom. The van der Waals surface area contributed by atoms with E-state index in [0.717, 1.165) is 62.2 Å². The van der Waals surface area contributed by atoms with Crippen molar-refractivity contribution >= 4 is 17.5 Å². The Bertz CT molecular complexity index is 549. The third-order valence-corrected chi connectivity index (χ3v) is 6.00. The Hall–Kier alpha value is -1.06. The van der Waals surface area contributed by atoms with Crippen LogP contribution >= 0.6 is 11.6 Å². The van der Waals surface area contributed by atoms with E-state index < -0.39 is 0 Å². The van der Waals surface area contributed by atoms with Gasteiger partial charge < -0.3 is 10.6 Å². The minimum atomic E-state index is -0.343. The zero-order chi connectivity index (χ0) is 16.4. The molecule has 1 saturated carbocycles. The molecule has 2 atom stereocenters.